The summed E-state index contributed by atoms with van der Waals surface area (Å²) in [5.41, 5.74) is 0.986. The number of hydrogen-bond donors (Lipinski definition) is 1. The number of hydrogen-bond acceptors (Lipinski definition) is 3. The van der Waals surface area contributed by atoms with Crippen LogP contribution < -0.4 is 10.1 Å². The number of anilines is 1. The molecule has 0 saturated carbocycles. The first-order valence-electron chi connectivity index (χ1n) is 10.5. The smallest absolute Gasteiger partial charge is 0.416 e. The average molecular weight is 448 g/mol. The Kier molecular flexibility index (Phi) is 7.11. The highest BCUT2D eigenvalue weighted by molar-refractivity contribution is 5.98. The quantitative estimate of drug-likeness (QED) is 0.688. The third-order valence-corrected chi connectivity index (χ3v) is 5.47. The van der Waals surface area contributed by atoms with E-state index in [4.69, 9.17) is 4.74 Å². The molecule has 0 bridgehead atoms. The zero-order valence-electron chi connectivity index (χ0n) is 18.3. The minimum absolute atomic E-state index is 0.0695. The minimum Gasteiger partial charge on any atom is -0.484 e. The fraction of sp³-hybridized carbons (Fsp3) is 0.417. The van der Waals surface area contributed by atoms with Crippen molar-refractivity contribution < 1.29 is 27.5 Å². The molecule has 3 rings (SSSR count). The van der Waals surface area contributed by atoms with Crippen LogP contribution in [0.4, 0.5) is 18.9 Å². The van der Waals surface area contributed by atoms with Crippen molar-refractivity contribution in [3.05, 3.63) is 59.2 Å². The fourth-order valence-electron chi connectivity index (χ4n) is 3.98. The number of likely N-dealkylation sites (tertiary alicyclic amines) is 1. The third kappa shape index (κ3) is 6.02. The molecule has 8 heteroatoms. The lowest BCUT2D eigenvalue weighted by atomic mass is 9.91. The topological polar surface area (TPSA) is 58.6 Å². The molecule has 2 aromatic carbocycles. The van der Waals surface area contributed by atoms with Crippen LogP contribution >= 0.6 is 0 Å². The van der Waals surface area contributed by atoms with E-state index in [0.29, 0.717) is 36.2 Å². The Morgan fingerprint density at radius 2 is 1.69 bits per heavy atom. The molecule has 2 amide bonds. The summed E-state index contributed by atoms with van der Waals surface area (Å²) in [6.07, 6.45) is -3.34. The van der Waals surface area contributed by atoms with E-state index >= 15 is 0 Å². The van der Waals surface area contributed by atoms with Crippen molar-refractivity contribution in [2.45, 2.75) is 33.4 Å². The van der Waals surface area contributed by atoms with Gasteiger partial charge in [0.15, 0.2) is 6.61 Å². The van der Waals surface area contributed by atoms with Gasteiger partial charge in [0.25, 0.3) is 11.8 Å². The Balaban J connectivity index is 1.62. The van der Waals surface area contributed by atoms with Gasteiger partial charge in [-0.2, -0.15) is 13.2 Å². The first kappa shape index (κ1) is 23.6. The molecule has 1 saturated heterocycles. The van der Waals surface area contributed by atoms with Crippen molar-refractivity contribution >= 4 is 17.5 Å². The van der Waals surface area contributed by atoms with E-state index in [1.54, 1.807) is 18.2 Å². The van der Waals surface area contributed by atoms with Crippen LogP contribution in [0.15, 0.2) is 42.5 Å². The highest BCUT2D eigenvalue weighted by Crippen LogP contribution is 2.30. The summed E-state index contributed by atoms with van der Waals surface area (Å²) in [5.74, 6) is 0.490. The summed E-state index contributed by atoms with van der Waals surface area (Å²) in [6.45, 7) is 7.12. The van der Waals surface area contributed by atoms with E-state index in [2.05, 4.69) is 19.2 Å². The van der Waals surface area contributed by atoms with E-state index in [1.165, 1.54) is 12.1 Å². The zero-order chi connectivity index (χ0) is 23.5. The highest BCUT2D eigenvalue weighted by atomic mass is 19.4. The predicted octanol–water partition coefficient (Wildman–Crippen LogP) is 5.15. The van der Waals surface area contributed by atoms with Gasteiger partial charge >= 0.3 is 6.18 Å². The zero-order valence-corrected chi connectivity index (χ0v) is 18.3. The molecule has 0 aliphatic carbocycles. The van der Waals surface area contributed by atoms with Crippen LogP contribution in [-0.4, -0.2) is 36.4 Å². The number of carbonyl (C=O) groups is 2. The van der Waals surface area contributed by atoms with Crippen LogP contribution in [0, 0.1) is 18.8 Å². The molecule has 2 atom stereocenters. The molecule has 5 nitrogen and oxygen atoms in total. The van der Waals surface area contributed by atoms with Gasteiger partial charge < -0.3 is 15.0 Å². The number of benzene rings is 2. The molecular formula is C24H27F3N2O3. The largest absolute Gasteiger partial charge is 0.484 e. The summed E-state index contributed by atoms with van der Waals surface area (Å²) < 4.78 is 43.2. The number of piperidine rings is 1. The number of nitrogens with one attached hydrogen (secondary N) is 1. The van der Waals surface area contributed by atoms with Crippen LogP contribution in [0.1, 0.15) is 41.8 Å². The van der Waals surface area contributed by atoms with E-state index in [1.807, 2.05) is 11.8 Å². The summed E-state index contributed by atoms with van der Waals surface area (Å²) in [6, 6.07) is 9.30. The molecule has 1 aliphatic heterocycles. The van der Waals surface area contributed by atoms with Crippen LogP contribution in [0.5, 0.6) is 5.75 Å². The molecule has 0 spiro atoms. The van der Waals surface area contributed by atoms with E-state index in [9.17, 15) is 22.8 Å². The van der Waals surface area contributed by atoms with Crippen LogP contribution in [0.2, 0.25) is 0 Å². The first-order valence-corrected chi connectivity index (χ1v) is 10.5. The molecule has 0 radical (unpaired) electrons. The number of halogens is 3. The van der Waals surface area contributed by atoms with Crippen molar-refractivity contribution in [3.63, 3.8) is 0 Å². The number of amides is 2. The van der Waals surface area contributed by atoms with Gasteiger partial charge in [-0.05, 0) is 67.1 Å². The second kappa shape index (κ2) is 9.63. The van der Waals surface area contributed by atoms with Crippen LogP contribution in [0.3, 0.4) is 0 Å². The Morgan fingerprint density at radius 1 is 1.06 bits per heavy atom. The van der Waals surface area contributed by atoms with Crippen molar-refractivity contribution in [3.8, 4) is 5.75 Å². The minimum atomic E-state index is -4.43. The SMILES string of the molecule is Cc1ccc(C(=O)N2CC(C)CC(C)C2)cc1NC(=O)COc1ccc(C(F)(F)F)cc1. The Morgan fingerprint density at radius 3 is 2.28 bits per heavy atom. The van der Waals surface area contributed by atoms with E-state index < -0.39 is 17.6 Å². The lowest BCUT2D eigenvalue weighted by Crippen LogP contribution is -2.42. The molecule has 32 heavy (non-hydrogen) atoms. The Labute approximate surface area is 185 Å². The van der Waals surface area contributed by atoms with Crippen molar-refractivity contribution in [1.29, 1.82) is 0 Å². The molecule has 1 N–H and O–H groups in total. The van der Waals surface area contributed by atoms with Gasteiger partial charge in [-0.1, -0.05) is 19.9 Å². The summed E-state index contributed by atoms with van der Waals surface area (Å²) in [5, 5.41) is 2.72. The van der Waals surface area contributed by atoms with Crippen molar-refractivity contribution in [2.24, 2.45) is 11.8 Å². The van der Waals surface area contributed by atoms with Gasteiger partial charge in [-0.15, -0.1) is 0 Å². The van der Waals surface area contributed by atoms with E-state index in [0.717, 1.165) is 24.1 Å². The number of nitrogens with zero attached hydrogens (tertiary/aromatic N) is 1. The van der Waals surface area contributed by atoms with Crippen LogP contribution in [-0.2, 0) is 11.0 Å². The highest BCUT2D eigenvalue weighted by Gasteiger charge is 2.30. The molecule has 1 fully saturated rings. The summed E-state index contributed by atoms with van der Waals surface area (Å²) in [7, 11) is 0. The number of carbonyl (C=O) groups excluding carboxylic acids is 2. The number of rotatable bonds is 5. The molecule has 172 valence electrons. The second-order valence-corrected chi connectivity index (χ2v) is 8.54. The predicted molar refractivity (Wildman–Crippen MR) is 116 cm³/mol. The molecule has 1 heterocycles. The fourth-order valence-corrected chi connectivity index (χ4v) is 3.98. The van der Waals surface area contributed by atoms with Gasteiger partial charge in [0.1, 0.15) is 5.75 Å². The van der Waals surface area contributed by atoms with Gasteiger partial charge in [-0.25, -0.2) is 0 Å². The van der Waals surface area contributed by atoms with Crippen molar-refractivity contribution in [2.75, 3.05) is 25.0 Å². The maximum absolute atomic E-state index is 13.0. The summed E-state index contributed by atoms with van der Waals surface area (Å²) >= 11 is 0. The van der Waals surface area contributed by atoms with Gasteiger partial charge in [0.2, 0.25) is 0 Å². The van der Waals surface area contributed by atoms with Gasteiger partial charge in [0.05, 0.1) is 5.56 Å². The number of alkyl halides is 3. The first-order chi connectivity index (χ1) is 15.0. The molecule has 2 aromatic rings. The number of ether oxygens (including phenoxy) is 1. The standard InChI is InChI=1S/C24H27F3N2O3/c1-15-10-16(2)13-29(12-15)23(31)18-5-4-17(3)21(11-18)28-22(30)14-32-20-8-6-19(7-9-20)24(25,26)27/h4-9,11,15-16H,10,12-14H2,1-3H3,(H,28,30). The molecule has 0 aromatic heterocycles. The third-order valence-electron chi connectivity index (χ3n) is 5.47. The molecule has 2 unspecified atom stereocenters. The van der Waals surface area contributed by atoms with Crippen LogP contribution in [0.25, 0.3) is 0 Å². The molecule has 1 aliphatic rings. The monoisotopic (exact) mass is 448 g/mol. The lowest BCUT2D eigenvalue weighted by Gasteiger charge is -2.35. The summed E-state index contributed by atoms with van der Waals surface area (Å²) in [4.78, 5) is 27.1. The number of aryl methyl sites for hydroxylation is 1. The van der Waals surface area contributed by atoms with E-state index in [-0.39, 0.29) is 18.3 Å². The van der Waals surface area contributed by atoms with Gasteiger partial charge in [-0.3, -0.25) is 9.59 Å². The normalized spacial score (nSPS) is 18.9. The maximum Gasteiger partial charge on any atom is 0.416 e. The maximum atomic E-state index is 13.0. The second-order valence-electron chi connectivity index (χ2n) is 8.54. The Hall–Kier alpha value is -3.03. The van der Waals surface area contributed by atoms with Gasteiger partial charge in [0, 0.05) is 24.3 Å². The molecular weight excluding hydrogens is 421 g/mol. The lowest BCUT2D eigenvalue weighted by molar-refractivity contribution is -0.137. The van der Waals surface area contributed by atoms with Crippen molar-refractivity contribution in [1.82, 2.24) is 4.90 Å². The average Bonchev–Trinajstić information content (AvgIpc) is 2.72. The Bertz CT molecular complexity index is 963.